The van der Waals surface area contributed by atoms with Gasteiger partial charge in [0.25, 0.3) is 0 Å². The molecule has 0 rings (SSSR count). The zero-order valence-corrected chi connectivity index (χ0v) is 12.5. The molecule has 0 saturated heterocycles. The van der Waals surface area contributed by atoms with E-state index in [1.165, 1.54) is 6.08 Å². The van der Waals surface area contributed by atoms with E-state index in [-0.39, 0.29) is 5.78 Å². The molecule has 0 spiro atoms. The molecule has 0 radical (unpaired) electrons. The molecule has 0 N–H and O–H groups in total. The van der Waals surface area contributed by atoms with Gasteiger partial charge in [0.1, 0.15) is 5.60 Å². The van der Waals surface area contributed by atoms with Crippen molar-refractivity contribution in [2.45, 2.75) is 46.3 Å². The minimum absolute atomic E-state index is 0.165. The number of carbonyl (C=O) groups is 1. The summed E-state index contributed by atoms with van der Waals surface area (Å²) in [4.78, 5) is 11.7. The van der Waals surface area contributed by atoms with Crippen LogP contribution in [0, 0.1) is 0 Å². The third-order valence-electron chi connectivity index (χ3n) is 2.35. The number of hydrogen-bond acceptors (Lipinski definition) is 4. The molecule has 0 saturated carbocycles. The number of ketones is 1. The Morgan fingerprint density at radius 1 is 1.24 bits per heavy atom. The molecule has 0 unspecified atom stereocenters. The van der Waals surface area contributed by atoms with E-state index in [4.69, 9.17) is 13.3 Å². The highest BCUT2D eigenvalue weighted by Crippen LogP contribution is 2.24. The Morgan fingerprint density at radius 2 is 1.71 bits per heavy atom. The summed E-state index contributed by atoms with van der Waals surface area (Å²) in [5, 5.41) is 0. The Labute approximate surface area is 105 Å². The Bertz CT molecular complexity index is 257. The first kappa shape index (κ1) is 16.5. The summed E-state index contributed by atoms with van der Waals surface area (Å²) >= 11 is 0. The lowest BCUT2D eigenvalue weighted by Gasteiger charge is -2.35. The fourth-order valence-corrected chi connectivity index (χ4v) is 4.01. The van der Waals surface area contributed by atoms with Gasteiger partial charge in [-0.15, -0.1) is 0 Å². The highest BCUT2D eigenvalue weighted by molar-refractivity contribution is 6.61. The maximum Gasteiger partial charge on any atom is 0.501 e. The van der Waals surface area contributed by atoms with Crippen LogP contribution in [-0.4, -0.2) is 33.4 Å². The Hall–Kier alpha value is -0.493. The third kappa shape index (κ3) is 4.71. The van der Waals surface area contributed by atoms with E-state index in [1.54, 1.807) is 13.8 Å². The smallest absolute Gasteiger partial charge is 0.374 e. The van der Waals surface area contributed by atoms with E-state index in [2.05, 4.69) is 6.58 Å². The molecule has 0 heterocycles. The van der Waals surface area contributed by atoms with Gasteiger partial charge in [-0.3, -0.25) is 4.79 Å². The normalized spacial score (nSPS) is 12.5. The molecule has 0 aromatic carbocycles. The summed E-state index contributed by atoms with van der Waals surface area (Å²) in [5.41, 5.74) is -0.950. The van der Waals surface area contributed by atoms with Crippen LogP contribution in [0.25, 0.3) is 0 Å². The van der Waals surface area contributed by atoms with Gasteiger partial charge in [0, 0.05) is 19.3 Å². The third-order valence-corrected chi connectivity index (χ3v) is 5.50. The molecule has 0 amide bonds. The summed E-state index contributed by atoms with van der Waals surface area (Å²) in [6.07, 6.45) is 1.27. The second-order valence-corrected chi connectivity index (χ2v) is 6.94. The van der Waals surface area contributed by atoms with E-state index < -0.39 is 14.4 Å². The molecular weight excluding hydrogens is 236 g/mol. The standard InChI is InChI=1S/C12H24O4Si/c1-7-11(13)12(5,6)16-17(10-4,14-8-2)15-9-3/h7H,1,8-10H2,2-6H3. The van der Waals surface area contributed by atoms with E-state index in [0.717, 1.165) is 0 Å². The van der Waals surface area contributed by atoms with E-state index in [0.29, 0.717) is 19.3 Å². The first-order valence-corrected chi connectivity index (χ1v) is 7.95. The Kier molecular flexibility index (Phi) is 6.85. The van der Waals surface area contributed by atoms with Gasteiger partial charge in [-0.05, 0) is 33.8 Å². The SMILES string of the molecule is C=CC(=O)C(C)(C)O[Si](CC)(OCC)OCC. The molecule has 0 fully saturated rings. The molecule has 0 aromatic rings. The fourth-order valence-electron chi connectivity index (χ4n) is 1.50. The van der Waals surface area contributed by atoms with E-state index >= 15 is 0 Å². The van der Waals surface area contributed by atoms with Crippen molar-refractivity contribution >= 4 is 14.6 Å². The van der Waals surface area contributed by atoms with Gasteiger partial charge in [0.15, 0.2) is 5.78 Å². The average molecular weight is 260 g/mol. The molecule has 0 bridgehead atoms. The van der Waals surface area contributed by atoms with Crippen molar-refractivity contribution in [3.8, 4) is 0 Å². The molecule has 0 aliphatic heterocycles. The van der Waals surface area contributed by atoms with Crippen molar-refractivity contribution in [1.82, 2.24) is 0 Å². The number of rotatable bonds is 9. The largest absolute Gasteiger partial charge is 0.501 e. The minimum Gasteiger partial charge on any atom is -0.374 e. The highest BCUT2D eigenvalue weighted by atomic mass is 28.4. The van der Waals surface area contributed by atoms with Crippen molar-refractivity contribution in [3.63, 3.8) is 0 Å². The zero-order valence-electron chi connectivity index (χ0n) is 11.5. The summed E-state index contributed by atoms with van der Waals surface area (Å²) in [6.45, 7) is 13.7. The van der Waals surface area contributed by atoms with Crippen molar-refractivity contribution in [1.29, 1.82) is 0 Å². The van der Waals surface area contributed by atoms with Crippen LogP contribution in [0.15, 0.2) is 12.7 Å². The number of carbonyl (C=O) groups excluding carboxylic acids is 1. The van der Waals surface area contributed by atoms with Crippen molar-refractivity contribution in [3.05, 3.63) is 12.7 Å². The summed E-state index contributed by atoms with van der Waals surface area (Å²) in [6, 6.07) is 0.641. The van der Waals surface area contributed by atoms with Crippen LogP contribution in [0.1, 0.15) is 34.6 Å². The lowest BCUT2D eigenvalue weighted by atomic mass is 10.0. The van der Waals surface area contributed by atoms with Crippen LogP contribution in [0.4, 0.5) is 0 Å². The van der Waals surface area contributed by atoms with Crippen LogP contribution < -0.4 is 0 Å². The van der Waals surface area contributed by atoms with Crippen LogP contribution in [0.2, 0.25) is 6.04 Å². The van der Waals surface area contributed by atoms with Crippen LogP contribution in [-0.2, 0) is 18.1 Å². The van der Waals surface area contributed by atoms with Crippen LogP contribution in [0.3, 0.4) is 0 Å². The fraction of sp³-hybridized carbons (Fsp3) is 0.750. The van der Waals surface area contributed by atoms with Crippen molar-refractivity contribution in [2.75, 3.05) is 13.2 Å². The van der Waals surface area contributed by atoms with Crippen molar-refractivity contribution in [2.24, 2.45) is 0 Å². The maximum atomic E-state index is 11.7. The molecular formula is C12H24O4Si. The predicted octanol–water partition coefficient (Wildman–Crippen LogP) is 2.57. The zero-order chi connectivity index (χ0) is 13.5. The van der Waals surface area contributed by atoms with Gasteiger partial charge in [0.05, 0.1) is 0 Å². The van der Waals surface area contributed by atoms with Crippen LogP contribution >= 0.6 is 0 Å². The lowest BCUT2D eigenvalue weighted by Crippen LogP contribution is -2.53. The second kappa shape index (κ2) is 7.06. The van der Waals surface area contributed by atoms with Gasteiger partial charge >= 0.3 is 8.80 Å². The van der Waals surface area contributed by atoms with Gasteiger partial charge in [0.2, 0.25) is 0 Å². The quantitative estimate of drug-likeness (QED) is 0.472. The van der Waals surface area contributed by atoms with Gasteiger partial charge in [-0.2, -0.15) is 0 Å². The predicted molar refractivity (Wildman–Crippen MR) is 69.9 cm³/mol. The molecule has 17 heavy (non-hydrogen) atoms. The number of hydrogen-bond donors (Lipinski definition) is 0. The Morgan fingerprint density at radius 3 is 2.00 bits per heavy atom. The molecule has 5 heteroatoms. The molecule has 0 aromatic heterocycles. The average Bonchev–Trinajstić information content (AvgIpc) is 2.27. The maximum absolute atomic E-state index is 11.7. The molecule has 0 atom stereocenters. The molecule has 0 aliphatic carbocycles. The van der Waals surface area contributed by atoms with Gasteiger partial charge in [-0.1, -0.05) is 13.5 Å². The first-order valence-electron chi connectivity index (χ1n) is 6.02. The van der Waals surface area contributed by atoms with E-state index in [1.807, 2.05) is 20.8 Å². The molecule has 0 aliphatic rings. The molecule has 100 valence electrons. The summed E-state index contributed by atoms with van der Waals surface area (Å²) in [5.74, 6) is -0.165. The highest BCUT2D eigenvalue weighted by Gasteiger charge is 2.45. The Balaban J connectivity index is 4.94. The van der Waals surface area contributed by atoms with Crippen molar-refractivity contribution < 1.29 is 18.1 Å². The molecule has 4 nitrogen and oxygen atoms in total. The summed E-state index contributed by atoms with van der Waals surface area (Å²) < 4.78 is 17.2. The van der Waals surface area contributed by atoms with Crippen LogP contribution in [0.5, 0.6) is 0 Å². The topological polar surface area (TPSA) is 44.8 Å². The van der Waals surface area contributed by atoms with Gasteiger partial charge < -0.3 is 13.3 Å². The second-order valence-electron chi connectivity index (χ2n) is 4.08. The van der Waals surface area contributed by atoms with Gasteiger partial charge in [-0.25, -0.2) is 0 Å². The first-order chi connectivity index (χ1) is 7.87. The van der Waals surface area contributed by atoms with E-state index in [9.17, 15) is 4.79 Å². The monoisotopic (exact) mass is 260 g/mol. The minimum atomic E-state index is -2.75. The lowest BCUT2D eigenvalue weighted by molar-refractivity contribution is -0.131. The summed E-state index contributed by atoms with van der Waals surface area (Å²) in [7, 11) is -2.75.